The minimum atomic E-state index is -0.932. The van der Waals surface area contributed by atoms with Crippen LogP contribution >= 0.6 is 0 Å². The molecule has 1 aliphatic rings. The first-order valence-corrected chi connectivity index (χ1v) is 8.11. The van der Waals surface area contributed by atoms with Crippen LogP contribution in [0.2, 0.25) is 12.1 Å². The van der Waals surface area contributed by atoms with Crippen molar-refractivity contribution in [1.29, 1.82) is 5.26 Å². The molecule has 0 radical (unpaired) electrons. The maximum absolute atomic E-state index is 13.5. The van der Waals surface area contributed by atoms with Crippen LogP contribution in [0.5, 0.6) is 0 Å². The number of hydrogen-bond acceptors (Lipinski definition) is 1. The van der Waals surface area contributed by atoms with E-state index in [1.54, 1.807) is 12.1 Å². The Morgan fingerprint density at radius 1 is 1.38 bits per heavy atom. The molecule has 1 aromatic rings. The summed E-state index contributed by atoms with van der Waals surface area (Å²) in [5.74, 6) is 0.498. The molecule has 0 saturated carbocycles. The van der Waals surface area contributed by atoms with Crippen molar-refractivity contribution in [2.24, 2.45) is 5.92 Å². The molecule has 0 N–H and O–H groups in total. The van der Waals surface area contributed by atoms with Gasteiger partial charge >= 0.3 is 0 Å². The Balaban J connectivity index is 2.16. The maximum atomic E-state index is 13.5. The molecule has 0 spiro atoms. The van der Waals surface area contributed by atoms with Crippen LogP contribution in [-0.2, 0) is 0 Å². The fourth-order valence-corrected chi connectivity index (χ4v) is 6.12. The molecule has 84 valence electrons. The van der Waals surface area contributed by atoms with Gasteiger partial charge in [0.1, 0.15) is 11.9 Å². The van der Waals surface area contributed by atoms with Gasteiger partial charge in [-0.25, -0.2) is 4.39 Å². The molecule has 1 nitrogen and oxygen atoms in total. The first-order chi connectivity index (χ1) is 7.70. The van der Waals surface area contributed by atoms with Crippen molar-refractivity contribution >= 4 is 14.0 Å². The largest absolute Gasteiger partial charge is 0.206 e. The van der Waals surface area contributed by atoms with Crippen molar-refractivity contribution < 1.29 is 4.39 Å². The van der Waals surface area contributed by atoms with Crippen molar-refractivity contribution in [3.05, 3.63) is 29.6 Å². The Kier molecular flexibility index (Phi) is 3.40. The van der Waals surface area contributed by atoms with E-state index in [9.17, 15) is 4.39 Å². The Bertz CT molecular complexity index is 416. The summed E-state index contributed by atoms with van der Waals surface area (Å²) in [6.07, 6.45) is 2.58. The standard InChI is InChI=1S/C13H16FNSi/c1-10-4-6-16(7-5-10)12-3-2-11(9-15)13(14)8-12/h2-3,8,10,16H,4-7H2,1H3. The molecule has 3 heteroatoms. The summed E-state index contributed by atoms with van der Waals surface area (Å²) < 4.78 is 13.5. The predicted octanol–water partition coefficient (Wildman–Crippen LogP) is 2.56. The highest BCUT2D eigenvalue weighted by atomic mass is 28.3. The average Bonchev–Trinajstić information content (AvgIpc) is 2.30. The van der Waals surface area contributed by atoms with E-state index < -0.39 is 8.80 Å². The number of halogens is 1. The van der Waals surface area contributed by atoms with Crippen molar-refractivity contribution in [2.75, 3.05) is 0 Å². The van der Waals surface area contributed by atoms with Crippen LogP contribution in [0.3, 0.4) is 0 Å². The van der Waals surface area contributed by atoms with E-state index in [0.29, 0.717) is 0 Å². The second kappa shape index (κ2) is 4.79. The van der Waals surface area contributed by atoms with Crippen LogP contribution in [-0.4, -0.2) is 8.80 Å². The van der Waals surface area contributed by atoms with E-state index in [4.69, 9.17) is 5.26 Å². The van der Waals surface area contributed by atoms with Gasteiger partial charge in [-0.2, -0.15) is 5.26 Å². The molecule has 0 atom stereocenters. The lowest BCUT2D eigenvalue weighted by Crippen LogP contribution is -2.33. The molecule has 2 rings (SSSR count). The lowest BCUT2D eigenvalue weighted by Gasteiger charge is -2.25. The predicted molar refractivity (Wildman–Crippen MR) is 65.9 cm³/mol. The van der Waals surface area contributed by atoms with Gasteiger partial charge in [-0.05, 0) is 18.1 Å². The average molecular weight is 233 g/mol. The molecule has 0 bridgehead atoms. The van der Waals surface area contributed by atoms with Gasteiger partial charge in [-0.1, -0.05) is 43.1 Å². The van der Waals surface area contributed by atoms with Gasteiger partial charge in [0.25, 0.3) is 0 Å². The molecule has 1 fully saturated rings. The van der Waals surface area contributed by atoms with Gasteiger partial charge in [-0.3, -0.25) is 0 Å². The number of nitrogens with zero attached hydrogens (tertiary/aromatic N) is 1. The second-order valence-corrected chi connectivity index (χ2v) is 8.02. The highest BCUT2D eigenvalue weighted by Gasteiger charge is 2.21. The third kappa shape index (κ3) is 2.33. The van der Waals surface area contributed by atoms with E-state index in [1.165, 1.54) is 30.1 Å². The van der Waals surface area contributed by atoms with Crippen LogP contribution < -0.4 is 5.19 Å². The van der Waals surface area contributed by atoms with Crippen molar-refractivity contribution in [1.82, 2.24) is 0 Å². The smallest absolute Gasteiger partial charge is 0.140 e. The second-order valence-electron chi connectivity index (χ2n) is 4.81. The minimum Gasteiger partial charge on any atom is -0.206 e. The molecular formula is C13H16FNSi. The van der Waals surface area contributed by atoms with Gasteiger partial charge in [0.15, 0.2) is 0 Å². The first kappa shape index (κ1) is 11.3. The zero-order valence-corrected chi connectivity index (χ0v) is 10.7. The fraction of sp³-hybridized carbons (Fsp3) is 0.462. The lowest BCUT2D eigenvalue weighted by molar-refractivity contribution is 0.520. The maximum Gasteiger partial charge on any atom is 0.140 e. The lowest BCUT2D eigenvalue weighted by atomic mass is 10.1. The van der Waals surface area contributed by atoms with Crippen LogP contribution in [0.15, 0.2) is 18.2 Å². The van der Waals surface area contributed by atoms with Crippen molar-refractivity contribution in [3.8, 4) is 6.07 Å². The van der Waals surface area contributed by atoms with Crippen LogP contribution in [0, 0.1) is 23.1 Å². The Hall–Kier alpha value is -1.14. The molecule has 1 saturated heterocycles. The summed E-state index contributed by atoms with van der Waals surface area (Å²) in [7, 11) is -0.932. The Morgan fingerprint density at radius 2 is 2.06 bits per heavy atom. The van der Waals surface area contributed by atoms with Crippen LogP contribution in [0.1, 0.15) is 25.3 Å². The molecule has 0 aliphatic carbocycles. The fourth-order valence-electron chi connectivity index (χ4n) is 2.47. The molecule has 16 heavy (non-hydrogen) atoms. The number of nitriles is 1. The summed E-state index contributed by atoms with van der Waals surface area (Å²) >= 11 is 0. The molecule has 0 aromatic heterocycles. The molecule has 0 unspecified atom stereocenters. The molecule has 1 aromatic carbocycles. The monoisotopic (exact) mass is 233 g/mol. The molecule has 1 heterocycles. The highest BCUT2D eigenvalue weighted by molar-refractivity contribution is 6.73. The summed E-state index contributed by atoms with van der Waals surface area (Å²) in [5.41, 5.74) is 0.168. The van der Waals surface area contributed by atoms with Gasteiger partial charge in [0.2, 0.25) is 0 Å². The van der Waals surface area contributed by atoms with E-state index in [0.717, 1.165) is 5.92 Å². The molecular weight excluding hydrogens is 217 g/mol. The summed E-state index contributed by atoms with van der Waals surface area (Å²) in [4.78, 5) is 0. The Labute approximate surface area is 97.5 Å². The number of hydrogen-bond donors (Lipinski definition) is 0. The summed E-state index contributed by atoms with van der Waals surface area (Å²) in [5, 5.41) is 9.87. The number of benzene rings is 1. The summed E-state index contributed by atoms with van der Waals surface area (Å²) in [6.45, 7) is 2.30. The topological polar surface area (TPSA) is 23.8 Å². The van der Waals surface area contributed by atoms with Gasteiger partial charge in [0.05, 0.1) is 14.4 Å². The van der Waals surface area contributed by atoms with Crippen LogP contribution in [0.25, 0.3) is 0 Å². The minimum absolute atomic E-state index is 0.168. The SMILES string of the molecule is CC1CC[SiH](c2ccc(C#N)c(F)c2)CC1. The van der Waals surface area contributed by atoms with E-state index in [-0.39, 0.29) is 11.4 Å². The Morgan fingerprint density at radius 3 is 2.62 bits per heavy atom. The van der Waals surface area contributed by atoms with Crippen molar-refractivity contribution in [2.45, 2.75) is 31.9 Å². The molecule has 0 amide bonds. The van der Waals surface area contributed by atoms with Crippen molar-refractivity contribution in [3.63, 3.8) is 0 Å². The van der Waals surface area contributed by atoms with Gasteiger partial charge < -0.3 is 0 Å². The third-order valence-corrected chi connectivity index (χ3v) is 6.96. The van der Waals surface area contributed by atoms with E-state index in [2.05, 4.69) is 6.92 Å². The third-order valence-electron chi connectivity index (χ3n) is 3.60. The van der Waals surface area contributed by atoms with Gasteiger partial charge in [-0.15, -0.1) is 0 Å². The zero-order valence-electron chi connectivity index (χ0n) is 9.54. The van der Waals surface area contributed by atoms with Crippen LogP contribution in [0.4, 0.5) is 4.39 Å². The van der Waals surface area contributed by atoms with E-state index >= 15 is 0 Å². The highest BCUT2D eigenvalue weighted by Crippen LogP contribution is 2.24. The molecule has 1 aliphatic heterocycles. The van der Waals surface area contributed by atoms with Gasteiger partial charge in [0, 0.05) is 0 Å². The number of rotatable bonds is 1. The zero-order chi connectivity index (χ0) is 11.5. The first-order valence-electron chi connectivity index (χ1n) is 5.90. The van der Waals surface area contributed by atoms with E-state index in [1.807, 2.05) is 12.1 Å². The normalized spacial score (nSPS) is 25.1. The summed E-state index contributed by atoms with van der Waals surface area (Å²) in [6, 6.07) is 9.65. The quantitative estimate of drug-likeness (QED) is 0.684.